The van der Waals surface area contributed by atoms with Crippen LogP contribution in [0.3, 0.4) is 0 Å². The van der Waals surface area contributed by atoms with Crippen molar-refractivity contribution < 1.29 is 4.57 Å². The summed E-state index contributed by atoms with van der Waals surface area (Å²) in [4.78, 5) is 4.54. The second kappa shape index (κ2) is 15.2. The van der Waals surface area contributed by atoms with Gasteiger partial charge in [-0.15, -0.1) is 0 Å². The first-order valence-corrected chi connectivity index (χ1v) is 13.0. The lowest BCUT2D eigenvalue weighted by Gasteiger charge is -2.09. The highest BCUT2D eigenvalue weighted by molar-refractivity contribution is 5.48. The summed E-state index contributed by atoms with van der Waals surface area (Å²) >= 11 is 0. The maximum absolute atomic E-state index is 4.54. The molecule has 2 heterocycles. The van der Waals surface area contributed by atoms with Crippen LogP contribution < -0.4 is 4.57 Å². The lowest BCUT2D eigenvalue weighted by Crippen LogP contribution is -2.37. The van der Waals surface area contributed by atoms with Crippen LogP contribution in [-0.2, 0) is 12.8 Å². The van der Waals surface area contributed by atoms with E-state index >= 15 is 0 Å². The monoisotopic (exact) mass is 441 g/mol. The Morgan fingerprint density at radius 2 is 1.24 bits per heavy atom. The summed E-state index contributed by atoms with van der Waals surface area (Å²) in [6.07, 6.45) is 23.2. The van der Waals surface area contributed by atoms with E-state index in [1.807, 2.05) is 24.4 Å². The maximum Gasteiger partial charge on any atom is 0.327 e. The smallest absolute Gasteiger partial charge is 0.200 e. The van der Waals surface area contributed by atoms with Gasteiger partial charge >= 0.3 is 5.82 Å². The molecule has 174 valence electrons. The first-order valence-electron chi connectivity index (χ1n) is 13.0. The average molecular weight is 442 g/mol. The molecule has 0 N–H and O–H groups in total. The summed E-state index contributed by atoms with van der Waals surface area (Å²) in [5.41, 5.74) is 4.02. The van der Waals surface area contributed by atoms with Crippen LogP contribution in [0, 0.1) is 0 Å². The van der Waals surface area contributed by atoms with Crippen LogP contribution in [0.25, 0.3) is 11.9 Å². The molecule has 2 aromatic heterocycles. The van der Waals surface area contributed by atoms with E-state index in [1.165, 1.54) is 93.9 Å². The van der Waals surface area contributed by atoms with Gasteiger partial charge in [0.2, 0.25) is 0 Å². The number of nitrogens with zero attached hydrogens (tertiary/aromatic N) is 2. The van der Waals surface area contributed by atoms with Gasteiger partial charge in [-0.1, -0.05) is 107 Å². The second-order valence-corrected chi connectivity index (χ2v) is 9.05. The molecule has 3 aromatic rings. The molecule has 0 saturated carbocycles. The summed E-state index contributed by atoms with van der Waals surface area (Å²) in [6, 6.07) is 21.2. The highest BCUT2D eigenvalue weighted by Crippen LogP contribution is 2.15. The SMILES string of the molecule is C=Cc1ccc[n+](-c2ccccn2)c1CCCCCCCCCCCCCc1ccccc1. The van der Waals surface area contributed by atoms with Gasteiger partial charge in [0.15, 0.2) is 0 Å². The van der Waals surface area contributed by atoms with E-state index in [1.54, 1.807) is 0 Å². The number of pyridine rings is 2. The fraction of sp³-hybridized carbons (Fsp3) is 0.419. The molecular weight excluding hydrogens is 400 g/mol. The van der Waals surface area contributed by atoms with Crippen molar-refractivity contribution in [3.63, 3.8) is 0 Å². The number of hydrogen-bond acceptors (Lipinski definition) is 1. The van der Waals surface area contributed by atoms with Crippen LogP contribution in [0.4, 0.5) is 0 Å². The van der Waals surface area contributed by atoms with E-state index in [4.69, 9.17) is 0 Å². The molecule has 0 radical (unpaired) electrons. The Hall–Kier alpha value is -2.74. The number of hydrogen-bond donors (Lipinski definition) is 0. The Morgan fingerprint density at radius 1 is 0.636 bits per heavy atom. The molecule has 0 spiro atoms. The predicted octanol–water partition coefficient (Wildman–Crippen LogP) is 8.08. The molecular formula is C31H41N2+. The second-order valence-electron chi connectivity index (χ2n) is 9.05. The normalized spacial score (nSPS) is 10.9. The predicted molar refractivity (Wildman–Crippen MR) is 140 cm³/mol. The first-order chi connectivity index (χ1) is 16.4. The lowest BCUT2D eigenvalue weighted by molar-refractivity contribution is -0.608. The van der Waals surface area contributed by atoms with Gasteiger partial charge in [0.25, 0.3) is 0 Å². The number of aromatic nitrogens is 2. The van der Waals surface area contributed by atoms with Gasteiger partial charge in [-0.25, -0.2) is 0 Å². The molecule has 0 fully saturated rings. The number of aryl methyl sites for hydroxylation is 1. The molecule has 1 aromatic carbocycles. The van der Waals surface area contributed by atoms with Crippen molar-refractivity contribution in [2.75, 3.05) is 0 Å². The van der Waals surface area contributed by atoms with E-state index in [0.29, 0.717) is 0 Å². The van der Waals surface area contributed by atoms with Crippen molar-refractivity contribution in [2.24, 2.45) is 0 Å². The average Bonchev–Trinajstić information content (AvgIpc) is 2.88. The molecule has 0 aliphatic heterocycles. The number of rotatable bonds is 16. The number of unbranched alkanes of at least 4 members (excludes halogenated alkanes) is 10. The zero-order valence-electron chi connectivity index (χ0n) is 20.3. The maximum atomic E-state index is 4.54. The first kappa shape index (κ1) is 24.9. The minimum absolute atomic E-state index is 0.983. The molecule has 3 rings (SSSR count). The van der Waals surface area contributed by atoms with E-state index in [0.717, 1.165) is 12.2 Å². The van der Waals surface area contributed by atoms with Gasteiger partial charge in [0, 0.05) is 18.1 Å². The summed E-state index contributed by atoms with van der Waals surface area (Å²) in [5, 5.41) is 0. The fourth-order valence-corrected chi connectivity index (χ4v) is 4.58. The molecule has 0 saturated heterocycles. The molecule has 0 aliphatic carbocycles. The quantitative estimate of drug-likeness (QED) is 0.162. The third kappa shape index (κ3) is 8.96. The standard InChI is InChI=1S/C31H41N2/c1-2-29-23-19-27-33(31-25-17-18-26-32-31)30(29)24-16-11-9-7-5-3-4-6-8-10-13-20-28-21-14-12-15-22-28/h2,12,14-15,17-19,21-23,25-27H,1,3-11,13,16,20,24H2/q+1. The van der Waals surface area contributed by atoms with Crippen molar-refractivity contribution in [3.05, 3.63) is 96.5 Å². The minimum atomic E-state index is 0.983. The molecule has 0 atom stereocenters. The van der Waals surface area contributed by atoms with Crippen molar-refractivity contribution in [3.8, 4) is 5.82 Å². The Morgan fingerprint density at radius 3 is 1.85 bits per heavy atom. The summed E-state index contributed by atoms with van der Waals surface area (Å²) < 4.78 is 2.22. The highest BCUT2D eigenvalue weighted by Gasteiger charge is 2.14. The number of benzene rings is 1. The molecule has 0 aliphatic rings. The van der Waals surface area contributed by atoms with E-state index in [-0.39, 0.29) is 0 Å². The van der Waals surface area contributed by atoms with Crippen LogP contribution in [-0.4, -0.2) is 4.98 Å². The minimum Gasteiger partial charge on any atom is -0.200 e. The zero-order chi connectivity index (χ0) is 23.0. The van der Waals surface area contributed by atoms with Crippen LogP contribution in [0.2, 0.25) is 0 Å². The topological polar surface area (TPSA) is 16.8 Å². The van der Waals surface area contributed by atoms with Crippen LogP contribution >= 0.6 is 0 Å². The van der Waals surface area contributed by atoms with Crippen molar-refractivity contribution in [1.82, 2.24) is 4.98 Å². The largest absolute Gasteiger partial charge is 0.327 e. The van der Waals surface area contributed by atoms with Gasteiger partial charge in [0.1, 0.15) is 11.9 Å². The Labute approximate surface area is 201 Å². The third-order valence-corrected chi connectivity index (χ3v) is 6.47. The highest BCUT2D eigenvalue weighted by atomic mass is 15.0. The molecule has 0 unspecified atom stereocenters. The van der Waals surface area contributed by atoms with Crippen molar-refractivity contribution in [1.29, 1.82) is 0 Å². The lowest BCUT2D eigenvalue weighted by atomic mass is 10.0. The summed E-state index contributed by atoms with van der Waals surface area (Å²) in [7, 11) is 0. The molecule has 0 amide bonds. The Balaban J connectivity index is 1.23. The molecule has 0 bridgehead atoms. The zero-order valence-corrected chi connectivity index (χ0v) is 20.3. The Bertz CT molecular complexity index is 918. The fourth-order valence-electron chi connectivity index (χ4n) is 4.58. The molecule has 2 nitrogen and oxygen atoms in total. The van der Waals surface area contributed by atoms with E-state index < -0.39 is 0 Å². The van der Waals surface area contributed by atoms with E-state index in [9.17, 15) is 0 Å². The van der Waals surface area contributed by atoms with Gasteiger partial charge in [-0.3, -0.25) is 0 Å². The van der Waals surface area contributed by atoms with Gasteiger partial charge < -0.3 is 0 Å². The van der Waals surface area contributed by atoms with Gasteiger partial charge in [-0.05, 0) is 48.0 Å². The van der Waals surface area contributed by atoms with Crippen molar-refractivity contribution in [2.45, 2.75) is 83.5 Å². The van der Waals surface area contributed by atoms with E-state index in [2.05, 4.69) is 70.9 Å². The van der Waals surface area contributed by atoms with Crippen LogP contribution in [0.5, 0.6) is 0 Å². The molecule has 33 heavy (non-hydrogen) atoms. The van der Waals surface area contributed by atoms with Crippen molar-refractivity contribution >= 4 is 6.08 Å². The van der Waals surface area contributed by atoms with Gasteiger partial charge in [0.05, 0.1) is 6.20 Å². The molecule has 2 heteroatoms. The third-order valence-electron chi connectivity index (χ3n) is 6.47. The van der Waals surface area contributed by atoms with Crippen LogP contribution in [0.1, 0.15) is 87.4 Å². The van der Waals surface area contributed by atoms with Gasteiger partial charge in [-0.2, -0.15) is 4.57 Å². The van der Waals surface area contributed by atoms with Crippen LogP contribution in [0.15, 0.2) is 79.6 Å². The summed E-state index contributed by atoms with van der Waals surface area (Å²) in [6.45, 7) is 4.02. The Kier molecular flexibility index (Phi) is 11.4. The summed E-state index contributed by atoms with van der Waals surface area (Å²) in [5.74, 6) is 0.983.